The first-order chi connectivity index (χ1) is 7.20. The molecule has 0 fully saturated rings. The Morgan fingerprint density at radius 1 is 1.13 bits per heavy atom. The summed E-state index contributed by atoms with van der Waals surface area (Å²) in [5.41, 5.74) is 2.70. The highest BCUT2D eigenvalue weighted by Gasteiger charge is 2.13. The average molecular weight is 216 g/mol. The summed E-state index contributed by atoms with van der Waals surface area (Å²) in [7, 11) is 0. The number of benzene rings is 1. The molecule has 0 atom stereocenters. The van der Waals surface area contributed by atoms with E-state index in [1.165, 1.54) is 4.88 Å². The van der Waals surface area contributed by atoms with Crippen LogP contribution in [0.15, 0.2) is 35.7 Å². The van der Waals surface area contributed by atoms with E-state index in [2.05, 4.69) is 0 Å². The van der Waals surface area contributed by atoms with Gasteiger partial charge in [-0.1, -0.05) is 30.3 Å². The molecule has 15 heavy (non-hydrogen) atoms. The van der Waals surface area contributed by atoms with E-state index in [-0.39, 0.29) is 5.78 Å². The number of hydrogen-bond acceptors (Lipinski definition) is 2. The highest BCUT2D eigenvalue weighted by Crippen LogP contribution is 2.23. The lowest BCUT2D eigenvalue weighted by Gasteiger charge is -1.99. The molecule has 0 saturated heterocycles. The quantitative estimate of drug-likeness (QED) is 0.701. The van der Waals surface area contributed by atoms with Crippen molar-refractivity contribution >= 4 is 17.1 Å². The second kappa shape index (κ2) is 3.99. The molecule has 1 aromatic heterocycles. The molecule has 0 aliphatic rings. The Bertz CT molecular complexity index is 482. The summed E-state index contributed by atoms with van der Waals surface area (Å²) in [4.78, 5) is 13.3. The first-order valence-electron chi connectivity index (χ1n) is 4.84. The van der Waals surface area contributed by atoms with Crippen molar-refractivity contribution in [3.63, 3.8) is 0 Å². The largest absolute Gasteiger partial charge is 0.289 e. The minimum atomic E-state index is 0.123. The molecule has 0 aliphatic carbocycles. The molecule has 2 heteroatoms. The van der Waals surface area contributed by atoms with Gasteiger partial charge < -0.3 is 0 Å². The Hall–Kier alpha value is -1.41. The average Bonchev–Trinajstić information content (AvgIpc) is 2.60. The molecule has 0 radical (unpaired) electrons. The van der Waals surface area contributed by atoms with Crippen molar-refractivity contribution in [2.75, 3.05) is 0 Å². The smallest absolute Gasteiger partial charge is 0.194 e. The minimum Gasteiger partial charge on any atom is -0.289 e. The second-order valence-corrected chi connectivity index (χ2v) is 4.61. The number of rotatable bonds is 2. The van der Waals surface area contributed by atoms with Gasteiger partial charge in [0, 0.05) is 21.4 Å². The van der Waals surface area contributed by atoms with Crippen LogP contribution in [0.3, 0.4) is 0 Å². The molecule has 0 N–H and O–H groups in total. The third-order valence-electron chi connectivity index (χ3n) is 2.57. The van der Waals surface area contributed by atoms with Crippen LogP contribution in [-0.2, 0) is 0 Å². The van der Waals surface area contributed by atoms with Crippen molar-refractivity contribution in [2.24, 2.45) is 0 Å². The number of carbonyl (C=O) groups is 1. The van der Waals surface area contributed by atoms with E-state index < -0.39 is 0 Å². The molecule has 76 valence electrons. The maximum absolute atomic E-state index is 12.1. The first-order valence-corrected chi connectivity index (χ1v) is 5.72. The molecular weight excluding hydrogens is 204 g/mol. The summed E-state index contributed by atoms with van der Waals surface area (Å²) >= 11 is 1.63. The Balaban J connectivity index is 2.42. The third-order valence-corrected chi connectivity index (χ3v) is 3.58. The molecule has 1 heterocycles. The van der Waals surface area contributed by atoms with Crippen molar-refractivity contribution < 1.29 is 4.79 Å². The Kier molecular flexibility index (Phi) is 2.69. The SMILES string of the molecule is Cc1scc(C(=O)c2ccccc2)c1C. The van der Waals surface area contributed by atoms with Gasteiger partial charge in [0.2, 0.25) is 0 Å². The maximum Gasteiger partial charge on any atom is 0.194 e. The minimum absolute atomic E-state index is 0.123. The van der Waals surface area contributed by atoms with Gasteiger partial charge in [0.15, 0.2) is 5.78 Å². The normalized spacial score (nSPS) is 10.3. The fourth-order valence-electron chi connectivity index (χ4n) is 1.48. The van der Waals surface area contributed by atoms with E-state index in [9.17, 15) is 4.79 Å². The van der Waals surface area contributed by atoms with Gasteiger partial charge in [-0.05, 0) is 19.4 Å². The van der Waals surface area contributed by atoms with Crippen molar-refractivity contribution in [3.05, 3.63) is 57.3 Å². The molecular formula is C13H12OS. The van der Waals surface area contributed by atoms with Gasteiger partial charge in [-0.3, -0.25) is 4.79 Å². The van der Waals surface area contributed by atoms with E-state index in [4.69, 9.17) is 0 Å². The van der Waals surface area contributed by atoms with E-state index in [0.29, 0.717) is 0 Å². The summed E-state index contributed by atoms with van der Waals surface area (Å²) in [6, 6.07) is 9.41. The van der Waals surface area contributed by atoms with Crippen LogP contribution in [0.1, 0.15) is 26.4 Å². The van der Waals surface area contributed by atoms with Gasteiger partial charge >= 0.3 is 0 Å². The maximum atomic E-state index is 12.1. The fraction of sp³-hybridized carbons (Fsp3) is 0.154. The van der Waals surface area contributed by atoms with Crippen LogP contribution in [0.4, 0.5) is 0 Å². The fourth-order valence-corrected chi connectivity index (χ4v) is 2.35. The van der Waals surface area contributed by atoms with Crippen molar-refractivity contribution in [1.29, 1.82) is 0 Å². The van der Waals surface area contributed by atoms with Crippen LogP contribution in [-0.4, -0.2) is 5.78 Å². The van der Waals surface area contributed by atoms with Crippen LogP contribution in [0.25, 0.3) is 0 Å². The predicted octanol–water partition coefficient (Wildman–Crippen LogP) is 3.60. The molecule has 0 saturated carbocycles. The third kappa shape index (κ3) is 1.85. The topological polar surface area (TPSA) is 17.1 Å². The molecule has 0 unspecified atom stereocenters. The van der Waals surface area contributed by atoms with E-state index in [1.54, 1.807) is 11.3 Å². The van der Waals surface area contributed by atoms with Gasteiger partial charge in [-0.15, -0.1) is 11.3 Å². The highest BCUT2D eigenvalue weighted by atomic mass is 32.1. The number of carbonyl (C=O) groups excluding carboxylic acids is 1. The molecule has 0 bridgehead atoms. The standard InChI is InChI=1S/C13H12OS/c1-9-10(2)15-8-12(9)13(14)11-6-4-3-5-7-11/h3-8H,1-2H3. The lowest BCUT2D eigenvalue weighted by molar-refractivity contribution is 0.103. The van der Waals surface area contributed by atoms with Crippen LogP contribution in [0, 0.1) is 13.8 Å². The van der Waals surface area contributed by atoms with Crippen LogP contribution in [0.5, 0.6) is 0 Å². The van der Waals surface area contributed by atoms with E-state index in [1.807, 2.05) is 49.6 Å². The van der Waals surface area contributed by atoms with Gasteiger partial charge in [-0.2, -0.15) is 0 Å². The molecule has 1 aromatic carbocycles. The van der Waals surface area contributed by atoms with E-state index >= 15 is 0 Å². The molecule has 2 aromatic rings. The molecule has 0 aliphatic heterocycles. The summed E-state index contributed by atoms with van der Waals surface area (Å²) in [5, 5.41) is 1.94. The van der Waals surface area contributed by atoms with Crippen molar-refractivity contribution in [2.45, 2.75) is 13.8 Å². The van der Waals surface area contributed by atoms with Gasteiger partial charge in [0.25, 0.3) is 0 Å². The van der Waals surface area contributed by atoms with Crippen LogP contribution < -0.4 is 0 Å². The summed E-state index contributed by atoms with van der Waals surface area (Å²) < 4.78 is 0. The Labute approximate surface area is 93.4 Å². The predicted molar refractivity (Wildman–Crippen MR) is 63.7 cm³/mol. The number of hydrogen-bond donors (Lipinski definition) is 0. The summed E-state index contributed by atoms with van der Waals surface area (Å²) in [6.07, 6.45) is 0. The highest BCUT2D eigenvalue weighted by molar-refractivity contribution is 7.10. The van der Waals surface area contributed by atoms with Crippen LogP contribution >= 0.6 is 11.3 Å². The summed E-state index contributed by atoms with van der Waals surface area (Å²) in [6.45, 7) is 4.05. The molecule has 2 rings (SSSR count). The number of thiophene rings is 1. The van der Waals surface area contributed by atoms with Crippen LogP contribution in [0.2, 0.25) is 0 Å². The van der Waals surface area contributed by atoms with Gasteiger partial charge in [0.1, 0.15) is 0 Å². The Morgan fingerprint density at radius 2 is 1.80 bits per heavy atom. The lowest BCUT2D eigenvalue weighted by atomic mass is 10.0. The Morgan fingerprint density at radius 3 is 2.33 bits per heavy atom. The summed E-state index contributed by atoms with van der Waals surface area (Å²) in [5.74, 6) is 0.123. The van der Waals surface area contributed by atoms with Crippen molar-refractivity contribution in [1.82, 2.24) is 0 Å². The first kappa shape index (κ1) is 10.1. The zero-order chi connectivity index (χ0) is 10.8. The second-order valence-electron chi connectivity index (χ2n) is 3.53. The molecule has 1 nitrogen and oxygen atoms in total. The van der Waals surface area contributed by atoms with Crippen molar-refractivity contribution in [3.8, 4) is 0 Å². The molecule has 0 amide bonds. The van der Waals surface area contributed by atoms with Gasteiger partial charge in [0.05, 0.1) is 0 Å². The van der Waals surface area contributed by atoms with E-state index in [0.717, 1.165) is 16.7 Å². The molecule has 0 spiro atoms. The monoisotopic (exact) mass is 216 g/mol. The number of aryl methyl sites for hydroxylation is 1. The van der Waals surface area contributed by atoms with Gasteiger partial charge in [-0.25, -0.2) is 0 Å². The zero-order valence-corrected chi connectivity index (χ0v) is 9.60. The number of ketones is 1. The zero-order valence-electron chi connectivity index (χ0n) is 8.78. The lowest BCUT2D eigenvalue weighted by Crippen LogP contribution is -2.01.